The number of hydrogen-bond donors (Lipinski definition) is 1. The number of aromatic amines is 1. The summed E-state index contributed by atoms with van der Waals surface area (Å²) in [7, 11) is 0. The van der Waals surface area contributed by atoms with Crippen LogP contribution in [0.15, 0.2) is 29.4 Å². The normalized spacial score (nSPS) is 14.6. The molecule has 0 amide bonds. The van der Waals surface area contributed by atoms with Gasteiger partial charge in [0.1, 0.15) is 11.6 Å². The van der Waals surface area contributed by atoms with E-state index in [1.165, 1.54) is 12.8 Å². The molecule has 0 spiro atoms. The predicted octanol–water partition coefficient (Wildman–Crippen LogP) is 3.51. The Bertz CT molecular complexity index is 539. The van der Waals surface area contributed by atoms with Gasteiger partial charge in [-0.3, -0.25) is 5.10 Å². The van der Waals surface area contributed by atoms with Crippen LogP contribution in [0, 0.1) is 0 Å². The standard InChI is InChI=1S/C13H14ClN3OS/c14-10-3-5-11(6-4-10)18-7-8-19-13-15-12(16-17-13)9-1-2-9/h3-6,9H,1-2,7-8H2,(H,15,16,17). The molecule has 0 atom stereocenters. The summed E-state index contributed by atoms with van der Waals surface area (Å²) in [6.45, 7) is 0.625. The summed E-state index contributed by atoms with van der Waals surface area (Å²) in [5.41, 5.74) is 0. The summed E-state index contributed by atoms with van der Waals surface area (Å²) < 4.78 is 5.60. The maximum absolute atomic E-state index is 5.81. The second-order valence-electron chi connectivity index (χ2n) is 4.43. The van der Waals surface area contributed by atoms with Crippen molar-refractivity contribution in [2.45, 2.75) is 23.9 Å². The van der Waals surface area contributed by atoms with Crippen molar-refractivity contribution in [3.63, 3.8) is 0 Å². The number of ether oxygens (including phenoxy) is 1. The van der Waals surface area contributed by atoms with Crippen molar-refractivity contribution in [1.29, 1.82) is 0 Å². The molecule has 1 saturated carbocycles. The number of nitrogens with zero attached hydrogens (tertiary/aromatic N) is 2. The van der Waals surface area contributed by atoms with Crippen molar-refractivity contribution in [3.05, 3.63) is 35.1 Å². The zero-order valence-electron chi connectivity index (χ0n) is 10.3. The van der Waals surface area contributed by atoms with Crippen LogP contribution in [-0.4, -0.2) is 27.5 Å². The van der Waals surface area contributed by atoms with Gasteiger partial charge in [-0.1, -0.05) is 23.4 Å². The van der Waals surface area contributed by atoms with Gasteiger partial charge in [-0.15, -0.1) is 5.10 Å². The third kappa shape index (κ3) is 3.64. The number of benzene rings is 1. The lowest BCUT2D eigenvalue weighted by Gasteiger charge is -2.04. The average Bonchev–Trinajstić information content (AvgIpc) is 3.17. The first kappa shape index (κ1) is 12.8. The van der Waals surface area contributed by atoms with Gasteiger partial charge in [0.25, 0.3) is 0 Å². The maximum atomic E-state index is 5.81. The molecule has 1 aromatic carbocycles. The summed E-state index contributed by atoms with van der Waals surface area (Å²) in [6.07, 6.45) is 2.47. The van der Waals surface area contributed by atoms with Gasteiger partial charge in [-0.2, -0.15) is 0 Å². The predicted molar refractivity (Wildman–Crippen MR) is 76.0 cm³/mol. The molecule has 0 saturated heterocycles. The van der Waals surface area contributed by atoms with E-state index in [0.29, 0.717) is 12.5 Å². The van der Waals surface area contributed by atoms with Gasteiger partial charge in [0.05, 0.1) is 6.61 Å². The molecule has 0 radical (unpaired) electrons. The highest BCUT2D eigenvalue weighted by Gasteiger charge is 2.27. The van der Waals surface area contributed by atoms with E-state index in [-0.39, 0.29) is 0 Å². The smallest absolute Gasteiger partial charge is 0.208 e. The number of H-pyrrole nitrogens is 1. The minimum absolute atomic E-state index is 0.618. The molecule has 0 bridgehead atoms. The maximum Gasteiger partial charge on any atom is 0.208 e. The van der Waals surface area contributed by atoms with Crippen molar-refractivity contribution in [2.24, 2.45) is 0 Å². The monoisotopic (exact) mass is 295 g/mol. The van der Waals surface area contributed by atoms with Crippen molar-refractivity contribution in [3.8, 4) is 5.75 Å². The molecule has 1 aromatic heterocycles. The molecular weight excluding hydrogens is 282 g/mol. The first-order chi connectivity index (χ1) is 9.31. The molecule has 0 unspecified atom stereocenters. The van der Waals surface area contributed by atoms with Crippen LogP contribution >= 0.6 is 23.4 Å². The first-order valence-electron chi connectivity index (χ1n) is 6.25. The van der Waals surface area contributed by atoms with Crippen LogP contribution in [0.3, 0.4) is 0 Å². The molecule has 6 heteroatoms. The van der Waals surface area contributed by atoms with E-state index in [2.05, 4.69) is 15.2 Å². The van der Waals surface area contributed by atoms with Crippen molar-refractivity contribution < 1.29 is 4.74 Å². The van der Waals surface area contributed by atoms with Gasteiger partial charge >= 0.3 is 0 Å². The molecule has 1 N–H and O–H groups in total. The summed E-state index contributed by atoms with van der Waals surface area (Å²) in [6, 6.07) is 7.37. The molecule has 100 valence electrons. The Morgan fingerprint density at radius 3 is 2.84 bits per heavy atom. The fourth-order valence-electron chi connectivity index (χ4n) is 1.69. The van der Waals surface area contributed by atoms with E-state index in [1.54, 1.807) is 11.8 Å². The first-order valence-corrected chi connectivity index (χ1v) is 7.61. The van der Waals surface area contributed by atoms with Crippen LogP contribution in [0.1, 0.15) is 24.6 Å². The highest BCUT2D eigenvalue weighted by molar-refractivity contribution is 7.99. The van der Waals surface area contributed by atoms with E-state index in [1.807, 2.05) is 24.3 Å². The Balaban J connectivity index is 1.41. The number of aromatic nitrogens is 3. The number of rotatable bonds is 6. The van der Waals surface area contributed by atoms with Gasteiger partial charge in [-0.05, 0) is 37.1 Å². The largest absolute Gasteiger partial charge is 0.493 e. The molecular formula is C13H14ClN3OS. The molecule has 3 rings (SSSR count). The minimum atomic E-state index is 0.618. The van der Waals surface area contributed by atoms with E-state index in [4.69, 9.17) is 16.3 Å². The molecule has 2 aromatic rings. The molecule has 1 aliphatic carbocycles. The van der Waals surface area contributed by atoms with Crippen LogP contribution in [0.2, 0.25) is 5.02 Å². The van der Waals surface area contributed by atoms with Crippen LogP contribution in [0.4, 0.5) is 0 Å². The lowest BCUT2D eigenvalue weighted by atomic mass is 10.3. The quantitative estimate of drug-likeness (QED) is 0.654. The third-order valence-corrected chi connectivity index (χ3v) is 3.91. The van der Waals surface area contributed by atoms with Gasteiger partial charge < -0.3 is 4.74 Å². The summed E-state index contributed by atoms with van der Waals surface area (Å²) >= 11 is 7.41. The number of nitrogens with one attached hydrogen (secondary N) is 1. The van der Waals surface area contributed by atoms with E-state index >= 15 is 0 Å². The van der Waals surface area contributed by atoms with E-state index in [9.17, 15) is 0 Å². The van der Waals surface area contributed by atoms with E-state index < -0.39 is 0 Å². The topological polar surface area (TPSA) is 50.8 Å². The Hall–Kier alpha value is -1.20. The van der Waals surface area contributed by atoms with E-state index in [0.717, 1.165) is 27.5 Å². The van der Waals surface area contributed by atoms with Crippen molar-refractivity contribution in [1.82, 2.24) is 15.2 Å². The highest BCUT2D eigenvalue weighted by atomic mass is 35.5. The van der Waals surface area contributed by atoms with Gasteiger partial charge in [0.2, 0.25) is 5.16 Å². The Labute approximate surface area is 120 Å². The lowest BCUT2D eigenvalue weighted by Crippen LogP contribution is -2.00. The second kappa shape index (κ2) is 5.84. The zero-order chi connectivity index (χ0) is 13.1. The number of hydrogen-bond acceptors (Lipinski definition) is 4. The second-order valence-corrected chi connectivity index (χ2v) is 5.93. The Morgan fingerprint density at radius 1 is 1.32 bits per heavy atom. The molecule has 1 heterocycles. The van der Waals surface area contributed by atoms with Gasteiger partial charge in [-0.25, -0.2) is 4.98 Å². The summed E-state index contributed by atoms with van der Waals surface area (Å²) in [5.74, 6) is 3.30. The molecule has 4 nitrogen and oxygen atoms in total. The zero-order valence-corrected chi connectivity index (χ0v) is 11.9. The summed E-state index contributed by atoms with van der Waals surface area (Å²) in [4.78, 5) is 4.45. The van der Waals surface area contributed by atoms with Crippen LogP contribution in [-0.2, 0) is 0 Å². The SMILES string of the molecule is Clc1ccc(OCCSc2n[nH]c(C3CC3)n2)cc1. The average molecular weight is 296 g/mol. The fourth-order valence-corrected chi connectivity index (χ4v) is 2.43. The molecule has 0 aliphatic heterocycles. The fraction of sp³-hybridized carbons (Fsp3) is 0.385. The number of halogens is 1. The lowest BCUT2D eigenvalue weighted by molar-refractivity contribution is 0.344. The Kier molecular flexibility index (Phi) is 3.94. The van der Waals surface area contributed by atoms with Gasteiger partial charge in [0, 0.05) is 16.7 Å². The highest BCUT2D eigenvalue weighted by Crippen LogP contribution is 2.38. The Morgan fingerprint density at radius 2 is 2.11 bits per heavy atom. The molecule has 1 aliphatic rings. The minimum Gasteiger partial charge on any atom is -0.493 e. The molecule has 19 heavy (non-hydrogen) atoms. The van der Waals surface area contributed by atoms with Crippen LogP contribution in [0.25, 0.3) is 0 Å². The summed E-state index contributed by atoms with van der Waals surface area (Å²) in [5, 5.41) is 8.71. The third-order valence-electron chi connectivity index (χ3n) is 2.84. The van der Waals surface area contributed by atoms with Gasteiger partial charge in [0.15, 0.2) is 0 Å². The number of thioether (sulfide) groups is 1. The molecule has 1 fully saturated rings. The van der Waals surface area contributed by atoms with Crippen molar-refractivity contribution >= 4 is 23.4 Å². The van der Waals surface area contributed by atoms with Crippen molar-refractivity contribution in [2.75, 3.05) is 12.4 Å². The van der Waals surface area contributed by atoms with Crippen LogP contribution in [0.5, 0.6) is 5.75 Å². The van der Waals surface area contributed by atoms with Crippen LogP contribution < -0.4 is 4.74 Å².